The molecular weight excluding hydrogens is 2100 g/mol. The summed E-state index contributed by atoms with van der Waals surface area (Å²) in [4.78, 5) is 126. The van der Waals surface area contributed by atoms with Gasteiger partial charge < -0.3 is 117 Å². The second-order valence-electron chi connectivity index (χ2n) is 31.4. The van der Waals surface area contributed by atoms with Crippen LogP contribution in [0.1, 0.15) is 0 Å². The number of hydrogen-bond acceptors (Lipinski definition) is 24. The van der Waals surface area contributed by atoms with Crippen LogP contribution in [0.2, 0.25) is 0 Å². The normalized spacial score (nSPS) is 12.2. The average Bonchev–Trinajstić information content (AvgIpc) is 1.59. The predicted octanol–water partition coefficient (Wildman–Crippen LogP) is 19.5. The number of fused-ring (bicyclic) bond motifs is 44. The minimum Gasteiger partial charge on any atom is -0.497 e. The molecule has 0 fully saturated rings. The predicted molar refractivity (Wildman–Crippen MR) is 486 cm³/mol. The van der Waals surface area contributed by atoms with E-state index in [1.54, 1.807) is 14.2 Å². The number of aromatic nitrogens is 24. The number of benzene rings is 12. The molecule has 0 N–H and O–H groups in total. The van der Waals surface area contributed by atoms with Crippen LogP contribution in [0.4, 0.5) is 0 Å². The molecule has 29 rings (SSSR count). The molecule has 131 heavy (non-hydrogen) atoms. The van der Waals surface area contributed by atoms with E-state index in [9.17, 15) is 0 Å². The Kier molecular flexibility index (Phi) is 17.3. The van der Waals surface area contributed by atoms with Gasteiger partial charge in [0, 0.05) is 248 Å². The Morgan fingerprint density at radius 2 is 0.389 bits per heavy atom. The second-order valence-corrected chi connectivity index (χ2v) is 31.4. The standard InChI is InChI=1S/C98H44N24O6.3Dy/c1-123-41-11-21-55-65(31-41)89-108-79(55)104-83-59-25-15-45-35-69(59)93(112-83)120-94-70-36-46(16-26-60(70)84(113-94)105-80-56-22-12-42(124-2)32-66(56)90(109-80)118-89)128-50-20-30-64-74(40-50)98-117-88(64)107-86-62-28-18-48-38-72(62)96(115-86)121-95-71-37-47(17-27-61(71)85(114-95)106-87-63-29-19-49(127-45)39-73(63)97(116-87)122-98)125-43-13-23-57-67(33-43)91-110-81(57)102-77-53-9-5-3-7-51(53)75(100-77)99-76-52-8-4-6-10-54(52)78(101-76)103-82-58-24-14-44(126-48)34-68(58)92(111-82)119-91;;;/h3-40H,1-2H3;;;/q-6;;;. The molecule has 33 heteroatoms. The molecule has 0 unspecified atom stereocenters. The van der Waals surface area contributed by atoms with E-state index >= 15 is 0 Å². The van der Waals surface area contributed by atoms with Gasteiger partial charge in [-0.1, -0.05) is 48.5 Å². The van der Waals surface area contributed by atoms with Crippen LogP contribution in [0.15, 0.2) is 248 Å². The van der Waals surface area contributed by atoms with E-state index in [1.165, 1.54) is 0 Å². The summed E-state index contributed by atoms with van der Waals surface area (Å²) >= 11 is 0. The molecule has 0 saturated carbocycles. The van der Waals surface area contributed by atoms with E-state index in [0.717, 1.165) is 21.9 Å². The number of methoxy groups -OCH3 is 2. The zero-order valence-corrected chi connectivity index (χ0v) is 73.2. The SMILES string of the molecule is COc1ccc2c(c1)-c1nc-2nc2[n-]c3nc4nc(nc5[n-]c(n1)c1cc(OC)ccc51)c1ccc(cc41)oc1ccc4c5nc6nc7nc8[n-]c(nc9nc(nc([n-]5)c4c1)c1cc(ccc91)oc1ccc2c3c1)c1ccc(cc81)oc1ccc2c3nc(nc4[n-]c(nc5nc(nc8[n-]c(n3)c3ccccc83)-c3ccccc3-5)c3ccc(cc43)oc3ccc6c7c3)c2c1.[Dy].[Dy].[Dy]. The fraction of sp³-hybridized carbons (Fsp3) is 0.0204. The number of hydrogen-bond donors (Lipinski definition) is 0. The van der Waals surface area contributed by atoms with Crippen molar-refractivity contribution in [2.75, 3.05) is 14.2 Å². The molecule has 0 saturated heterocycles. The third kappa shape index (κ3) is 12.1. The van der Waals surface area contributed by atoms with Gasteiger partial charge in [-0.05, 0) is 247 Å². The van der Waals surface area contributed by atoms with Crippen LogP contribution >= 0.6 is 0 Å². The topological polar surface area (TPSA) is 388 Å². The summed E-state index contributed by atoms with van der Waals surface area (Å²) in [7, 11) is 3.23. The van der Waals surface area contributed by atoms with E-state index in [0.29, 0.717) is 278 Å². The van der Waals surface area contributed by atoms with Gasteiger partial charge in [-0.25, -0.2) is 29.9 Å². The third-order valence-corrected chi connectivity index (χ3v) is 24.0. The largest absolute Gasteiger partial charge is 0.497 e. The van der Waals surface area contributed by atoms with Gasteiger partial charge in [-0.2, -0.15) is 0 Å². The zero-order valence-electron chi connectivity index (χ0n) is 67.1. The molecule has 12 aromatic carbocycles. The number of ether oxygens (including phenoxy) is 2. The van der Waals surface area contributed by atoms with Gasteiger partial charge >= 0.3 is 0 Å². The summed E-state index contributed by atoms with van der Waals surface area (Å²) in [6.07, 6.45) is 0. The van der Waals surface area contributed by atoms with E-state index in [2.05, 4.69) is 0 Å². The maximum absolute atomic E-state index is 6.99. The molecule has 0 radical (unpaired) electrons. The molecule has 0 atom stereocenters. The minimum atomic E-state index is 0. The molecule has 0 amide bonds. The van der Waals surface area contributed by atoms with Crippen molar-refractivity contribution in [2.24, 2.45) is 0 Å². The van der Waals surface area contributed by atoms with E-state index in [-0.39, 0.29) is 137 Å². The zero-order chi connectivity index (χ0) is 83.6. The Hall–Kier alpha value is -14.7. The molecule has 2 aliphatic rings. The van der Waals surface area contributed by atoms with Crippen molar-refractivity contribution in [1.29, 1.82) is 0 Å². The Bertz CT molecular complexity index is 10200. The Morgan fingerprint density at radius 3 is 0.702 bits per heavy atom. The summed E-state index contributed by atoms with van der Waals surface area (Å²) in [6, 6.07) is 72.3. The maximum atomic E-state index is 6.99. The molecule has 27 aromatic rings. The van der Waals surface area contributed by atoms with Crippen molar-refractivity contribution in [1.82, 2.24) is 120 Å². The van der Waals surface area contributed by atoms with Crippen LogP contribution in [-0.4, -0.2) is 104 Å². The molecule has 2 aliphatic heterocycles. The maximum Gasteiger partial charge on any atom is 0.128 e. The van der Waals surface area contributed by atoms with Crippen molar-refractivity contribution in [3.8, 4) is 57.1 Å². The average molecular weight is 2140 g/mol. The van der Waals surface area contributed by atoms with Crippen LogP contribution in [0.3, 0.4) is 0 Å². The summed E-state index contributed by atoms with van der Waals surface area (Å²) in [5.41, 5.74) is 12.9. The number of nitrogens with zero attached hydrogens (tertiary/aromatic N) is 24. The molecule has 628 valence electrons. The molecule has 0 spiro atoms. The Labute approximate surface area is 819 Å². The van der Waals surface area contributed by atoms with Crippen molar-refractivity contribution in [3.63, 3.8) is 0 Å². The first-order chi connectivity index (χ1) is 63.1. The van der Waals surface area contributed by atoms with E-state index in [1.807, 2.05) is 231 Å². The number of rotatable bonds is 2. The smallest absolute Gasteiger partial charge is 0.128 e. The third-order valence-electron chi connectivity index (χ3n) is 24.0. The summed E-state index contributed by atoms with van der Waals surface area (Å²) in [5, 5.41) is 12.8. The van der Waals surface area contributed by atoms with E-state index < -0.39 is 0 Å². The summed E-state index contributed by atoms with van der Waals surface area (Å²) < 4.78 is 39.4. The van der Waals surface area contributed by atoms with Crippen molar-refractivity contribution >= 4 is 265 Å². The monoisotopic (exact) mass is 2140 g/mol. The fourth-order valence-electron chi connectivity index (χ4n) is 18.0. The molecular formula is C98H44Dy3N24O6-6. The molecule has 15 aromatic heterocycles. The van der Waals surface area contributed by atoms with Gasteiger partial charge in [-0.15, -0.1) is 0 Å². The van der Waals surface area contributed by atoms with Crippen LogP contribution in [0.25, 0.3) is 311 Å². The summed E-state index contributed by atoms with van der Waals surface area (Å²) in [5.74, 6) is 2.78. The van der Waals surface area contributed by atoms with Gasteiger partial charge in [0.2, 0.25) is 0 Å². The minimum absolute atomic E-state index is 0. The first-order valence-electron chi connectivity index (χ1n) is 40.6. The molecule has 0 aliphatic carbocycles. The molecule has 30 nitrogen and oxygen atoms in total. The second kappa shape index (κ2) is 29.2. The molecule has 40 bridgehead atoms. The first kappa shape index (κ1) is 77.5. The van der Waals surface area contributed by atoms with Gasteiger partial charge in [0.1, 0.15) is 56.2 Å². The van der Waals surface area contributed by atoms with Gasteiger partial charge in [0.05, 0.1) is 82.7 Å². The van der Waals surface area contributed by atoms with Gasteiger partial charge in [0.25, 0.3) is 0 Å². The Morgan fingerprint density at radius 1 is 0.176 bits per heavy atom. The van der Waals surface area contributed by atoms with Crippen molar-refractivity contribution in [2.45, 2.75) is 0 Å². The van der Waals surface area contributed by atoms with Crippen LogP contribution < -0.4 is 39.4 Å². The summed E-state index contributed by atoms with van der Waals surface area (Å²) in [6.45, 7) is 0. The fourth-order valence-corrected chi connectivity index (χ4v) is 18.0. The Balaban J connectivity index is 0.00000300. The molecule has 17 heterocycles. The van der Waals surface area contributed by atoms with E-state index in [4.69, 9.17) is 147 Å². The first-order valence-corrected chi connectivity index (χ1v) is 40.6. The van der Waals surface area contributed by atoms with Crippen LogP contribution in [-0.2, 0) is 0 Å². The van der Waals surface area contributed by atoms with Gasteiger partial charge in [-0.3, -0.25) is 0 Å². The van der Waals surface area contributed by atoms with Gasteiger partial charge in [0.15, 0.2) is 0 Å². The van der Waals surface area contributed by atoms with Crippen molar-refractivity contribution < 1.29 is 142 Å². The van der Waals surface area contributed by atoms with Crippen molar-refractivity contribution in [3.05, 3.63) is 231 Å². The van der Waals surface area contributed by atoms with Crippen LogP contribution in [0.5, 0.6) is 11.5 Å². The van der Waals surface area contributed by atoms with Crippen LogP contribution in [0, 0.1) is 115 Å². The quantitative estimate of drug-likeness (QED) is 0.155.